The van der Waals surface area contributed by atoms with E-state index in [1.54, 1.807) is 18.2 Å². The van der Waals surface area contributed by atoms with E-state index in [9.17, 15) is 9.59 Å². The zero-order valence-corrected chi connectivity index (χ0v) is 25.9. The van der Waals surface area contributed by atoms with E-state index >= 15 is 0 Å². The van der Waals surface area contributed by atoms with E-state index in [-0.39, 0.29) is 11.3 Å². The van der Waals surface area contributed by atoms with E-state index in [4.69, 9.17) is 15.3 Å². The number of aliphatic carboxylic acids is 1. The lowest BCUT2D eigenvalue weighted by Gasteiger charge is -2.02. The van der Waals surface area contributed by atoms with Gasteiger partial charge in [0.1, 0.15) is 17.9 Å². The van der Waals surface area contributed by atoms with Gasteiger partial charge in [-0.2, -0.15) is 0 Å². The van der Waals surface area contributed by atoms with Crippen LogP contribution in [-0.4, -0.2) is 27.3 Å². The van der Waals surface area contributed by atoms with E-state index in [0.29, 0.717) is 0 Å². The van der Waals surface area contributed by atoms with Crippen molar-refractivity contribution in [1.82, 2.24) is 0 Å². The minimum atomic E-state index is -1.11. The van der Waals surface area contributed by atoms with Crippen LogP contribution in [-0.2, 0) is 11.3 Å². The number of aromatic carboxylic acids is 1. The van der Waals surface area contributed by atoms with E-state index in [2.05, 4.69) is 42.1 Å². The average Bonchev–Trinajstić information content (AvgIpc) is 3.02. The Morgan fingerprint density at radius 2 is 1.09 bits per heavy atom. The van der Waals surface area contributed by atoms with Gasteiger partial charge in [-0.25, -0.2) is 14.2 Å². The molecule has 0 saturated carbocycles. The number of aryl methyl sites for hydroxylation is 1. The summed E-state index contributed by atoms with van der Waals surface area (Å²) in [5, 5.41) is 25.6. The van der Waals surface area contributed by atoms with Gasteiger partial charge in [-0.3, -0.25) is 0 Å². The Kier molecular flexibility index (Phi) is 22.2. The summed E-state index contributed by atoms with van der Waals surface area (Å²) in [5.41, 5.74) is 0.831. The highest BCUT2D eigenvalue weighted by Gasteiger charge is 2.05. The molecule has 3 rings (SSSR count). The minimum Gasteiger partial charge on any atom is -0.507 e. The van der Waals surface area contributed by atoms with Crippen molar-refractivity contribution in [2.45, 2.75) is 103 Å². The number of nitrogens with zero attached hydrogens (tertiary/aromatic N) is 1. The molecule has 0 saturated heterocycles. The number of unbranched alkanes of at least 4 members (excludes halogenated alkanes) is 13. The Bertz CT molecular complexity index is 1130. The summed E-state index contributed by atoms with van der Waals surface area (Å²) in [7, 11) is 0. The SMILES string of the molecule is CCCCCCCCCCCCCCCC[n+]1ccccc1.O=C(O)/C=C/c1ccccc1.O=C(O)c1ccccc1O. The molecule has 234 valence electrons. The lowest BCUT2D eigenvalue weighted by molar-refractivity contribution is -0.697. The van der Waals surface area contributed by atoms with Crippen LogP contribution in [0.15, 0.2) is 91.3 Å². The Morgan fingerprint density at radius 1 is 0.628 bits per heavy atom. The van der Waals surface area contributed by atoms with Gasteiger partial charge in [0.15, 0.2) is 12.4 Å². The molecule has 0 atom stereocenters. The predicted molar refractivity (Wildman–Crippen MR) is 175 cm³/mol. The third kappa shape index (κ3) is 21.4. The molecule has 0 aliphatic carbocycles. The van der Waals surface area contributed by atoms with E-state index in [1.807, 2.05) is 30.3 Å². The summed E-state index contributed by atoms with van der Waals surface area (Å²) in [5.74, 6) is -2.23. The first kappa shape index (κ1) is 37.1. The van der Waals surface area contributed by atoms with E-state index in [0.717, 1.165) is 11.6 Å². The molecule has 0 radical (unpaired) electrons. The number of hydrogen-bond donors (Lipinski definition) is 3. The van der Waals surface area contributed by atoms with Crippen LogP contribution in [0.1, 0.15) is 113 Å². The lowest BCUT2D eigenvalue weighted by atomic mass is 10.0. The normalized spacial score (nSPS) is 10.3. The number of aromatic hydroxyl groups is 1. The maximum absolute atomic E-state index is 10.3. The van der Waals surface area contributed by atoms with Crippen molar-refractivity contribution in [3.8, 4) is 5.75 Å². The fourth-order valence-corrected chi connectivity index (χ4v) is 4.46. The van der Waals surface area contributed by atoms with E-state index < -0.39 is 11.9 Å². The smallest absolute Gasteiger partial charge is 0.339 e. The van der Waals surface area contributed by atoms with Crippen molar-refractivity contribution in [1.29, 1.82) is 0 Å². The predicted octanol–water partition coefficient (Wildman–Crippen LogP) is 9.33. The second-order valence-electron chi connectivity index (χ2n) is 10.6. The monoisotopic (exact) mass is 590 g/mol. The van der Waals surface area contributed by atoms with Gasteiger partial charge in [0.2, 0.25) is 0 Å². The fraction of sp³-hybridized carbons (Fsp3) is 0.432. The second-order valence-corrected chi connectivity index (χ2v) is 10.6. The van der Waals surface area contributed by atoms with Gasteiger partial charge in [0.05, 0.1) is 0 Å². The number of phenols is 1. The molecule has 6 nitrogen and oxygen atoms in total. The maximum atomic E-state index is 10.3. The number of rotatable bonds is 18. The molecule has 0 spiro atoms. The average molecular weight is 591 g/mol. The number of pyridine rings is 1. The third-order valence-electron chi connectivity index (χ3n) is 6.90. The summed E-state index contributed by atoms with van der Waals surface area (Å²) in [4.78, 5) is 20.3. The highest BCUT2D eigenvalue weighted by molar-refractivity contribution is 5.90. The standard InChI is InChI=1S/C21H38N.C9H8O2.C7H6O3/c1-2-3-4-5-6-7-8-9-10-11-12-13-14-16-19-22-20-17-15-18-21-22;10-9(11)7-6-8-4-2-1-3-5-8;8-6-4-2-1-3-5(6)7(9)10/h15,17-18,20-21H,2-14,16,19H2,1H3;1-7H,(H,10,11);1-4,8H,(H,9,10)/q+1;;/b;7-6+;. The largest absolute Gasteiger partial charge is 0.507 e. The van der Waals surface area contributed by atoms with Gasteiger partial charge in [-0.1, -0.05) is 133 Å². The van der Waals surface area contributed by atoms with Crippen LogP contribution >= 0.6 is 0 Å². The minimum absolute atomic E-state index is 0.0671. The van der Waals surface area contributed by atoms with Crippen molar-refractivity contribution in [2.75, 3.05) is 0 Å². The number of aromatic nitrogens is 1. The molecule has 3 aromatic rings. The van der Waals surface area contributed by atoms with Gasteiger partial charge < -0.3 is 15.3 Å². The number of carboxylic acids is 2. The highest BCUT2D eigenvalue weighted by Crippen LogP contribution is 2.15. The highest BCUT2D eigenvalue weighted by atomic mass is 16.4. The van der Waals surface area contributed by atoms with Crippen LogP contribution in [0, 0.1) is 0 Å². The van der Waals surface area contributed by atoms with Crippen LogP contribution < -0.4 is 4.57 Å². The van der Waals surface area contributed by atoms with Gasteiger partial charge >= 0.3 is 11.9 Å². The molecular weight excluding hydrogens is 538 g/mol. The molecule has 43 heavy (non-hydrogen) atoms. The summed E-state index contributed by atoms with van der Waals surface area (Å²) >= 11 is 0. The van der Waals surface area contributed by atoms with Gasteiger partial charge in [-0.05, 0) is 30.2 Å². The molecule has 2 aromatic carbocycles. The van der Waals surface area contributed by atoms with E-state index in [1.165, 1.54) is 109 Å². The van der Waals surface area contributed by atoms with Crippen LogP contribution in [0.4, 0.5) is 0 Å². The molecule has 3 N–H and O–H groups in total. The van der Waals surface area contributed by atoms with Crippen molar-refractivity contribution >= 4 is 18.0 Å². The number of hydrogen-bond acceptors (Lipinski definition) is 3. The van der Waals surface area contributed by atoms with Crippen LogP contribution in [0.3, 0.4) is 0 Å². The topological polar surface area (TPSA) is 98.7 Å². The van der Waals surface area contributed by atoms with Crippen LogP contribution in [0.5, 0.6) is 5.75 Å². The van der Waals surface area contributed by atoms with Crippen LogP contribution in [0.25, 0.3) is 6.08 Å². The number of benzene rings is 2. The van der Waals surface area contributed by atoms with Gasteiger partial charge in [-0.15, -0.1) is 0 Å². The summed E-state index contributed by atoms with van der Waals surface area (Å²) in [6, 6.07) is 21.4. The van der Waals surface area contributed by atoms with Gasteiger partial charge in [0, 0.05) is 24.6 Å². The number of carboxylic acid groups (broad SMARTS) is 2. The molecule has 0 aliphatic rings. The van der Waals surface area contributed by atoms with Gasteiger partial charge in [0.25, 0.3) is 0 Å². The third-order valence-corrected chi connectivity index (χ3v) is 6.90. The molecule has 0 bridgehead atoms. The number of para-hydroxylation sites is 1. The first-order valence-corrected chi connectivity index (χ1v) is 15.9. The Hall–Kier alpha value is -3.93. The van der Waals surface area contributed by atoms with Crippen molar-refractivity contribution in [3.63, 3.8) is 0 Å². The second kappa shape index (κ2) is 25.8. The molecule has 0 amide bonds. The molecule has 0 fully saturated rings. The number of carbonyl (C=O) groups is 2. The molecule has 6 heteroatoms. The van der Waals surface area contributed by atoms with Crippen molar-refractivity contribution in [2.24, 2.45) is 0 Å². The Morgan fingerprint density at radius 3 is 1.56 bits per heavy atom. The van der Waals surface area contributed by atoms with Crippen LogP contribution in [0.2, 0.25) is 0 Å². The zero-order chi connectivity index (χ0) is 31.4. The molecular formula is C37H52NO5+. The Balaban J connectivity index is 0.000000364. The molecule has 0 unspecified atom stereocenters. The maximum Gasteiger partial charge on any atom is 0.339 e. The summed E-state index contributed by atoms with van der Waals surface area (Å²) in [6.45, 7) is 3.47. The Labute approximate surface area is 258 Å². The molecule has 1 heterocycles. The molecule has 0 aliphatic heterocycles. The van der Waals surface area contributed by atoms with Crippen molar-refractivity contribution < 1.29 is 29.5 Å². The van der Waals surface area contributed by atoms with Crippen molar-refractivity contribution in [3.05, 3.63) is 102 Å². The first-order valence-electron chi connectivity index (χ1n) is 15.9. The molecule has 1 aromatic heterocycles. The first-order chi connectivity index (χ1) is 20.9. The fourth-order valence-electron chi connectivity index (χ4n) is 4.46. The quantitative estimate of drug-likeness (QED) is 0.0779. The zero-order valence-electron chi connectivity index (χ0n) is 25.9. The summed E-state index contributed by atoms with van der Waals surface area (Å²) < 4.78 is 2.29. The summed E-state index contributed by atoms with van der Waals surface area (Å²) in [6.07, 6.45) is 27.1. The lowest BCUT2D eigenvalue weighted by Crippen LogP contribution is -2.32.